The van der Waals surface area contributed by atoms with Gasteiger partial charge >= 0.3 is 0 Å². The molecule has 2 aromatic rings. The Morgan fingerprint density at radius 1 is 1.44 bits per heavy atom. The van der Waals surface area contributed by atoms with E-state index in [1.165, 1.54) is 0 Å². The highest BCUT2D eigenvalue weighted by atomic mass is 32.2. The van der Waals surface area contributed by atoms with Gasteiger partial charge < -0.3 is 5.73 Å². The third-order valence-electron chi connectivity index (χ3n) is 1.98. The third kappa shape index (κ3) is 2.78. The molecule has 0 bridgehead atoms. The van der Waals surface area contributed by atoms with Crippen molar-refractivity contribution in [1.29, 1.82) is 0 Å². The largest absolute Gasteiger partial charge is 0.329 e. The molecule has 1 atom stereocenters. The molecule has 84 valence electrons. The topological polar surface area (TPSA) is 64.7 Å². The molecular weight excluding hydrogens is 240 g/mol. The van der Waals surface area contributed by atoms with Gasteiger partial charge in [0.05, 0.1) is 10.9 Å². The summed E-state index contributed by atoms with van der Waals surface area (Å²) in [5.74, 6) is 0. The number of hydrogen-bond acceptors (Lipinski definition) is 6. The van der Waals surface area contributed by atoms with Gasteiger partial charge in [-0.2, -0.15) is 0 Å². The summed E-state index contributed by atoms with van der Waals surface area (Å²) in [5, 5.41) is 9.18. The molecule has 2 aromatic heterocycles. The van der Waals surface area contributed by atoms with Crippen LogP contribution >= 0.6 is 23.1 Å². The molecule has 1 unspecified atom stereocenters. The molecule has 2 rings (SSSR count). The first-order chi connectivity index (χ1) is 7.79. The number of nitrogens with two attached hydrogens (primary N) is 1. The van der Waals surface area contributed by atoms with Gasteiger partial charge in [0.1, 0.15) is 5.01 Å². The summed E-state index contributed by atoms with van der Waals surface area (Å²) < 4.78 is 0.943. The number of hydrogen-bond donors (Lipinski definition) is 1. The van der Waals surface area contributed by atoms with Gasteiger partial charge in [0.15, 0.2) is 4.34 Å². The number of rotatable bonds is 4. The molecule has 2 N–H and O–H groups in total. The van der Waals surface area contributed by atoms with Crippen LogP contribution in [0.15, 0.2) is 28.7 Å². The summed E-state index contributed by atoms with van der Waals surface area (Å²) in [6.07, 6.45) is 1.78. The quantitative estimate of drug-likeness (QED) is 0.843. The predicted octanol–water partition coefficient (Wildman–Crippen LogP) is 2.03. The molecule has 0 amide bonds. The molecule has 16 heavy (non-hydrogen) atoms. The van der Waals surface area contributed by atoms with E-state index in [-0.39, 0.29) is 5.25 Å². The van der Waals surface area contributed by atoms with E-state index in [0.29, 0.717) is 6.54 Å². The maximum atomic E-state index is 5.76. The Bertz CT molecular complexity index is 443. The molecular formula is C10H12N4S2. The fourth-order valence-electron chi connectivity index (χ4n) is 1.24. The van der Waals surface area contributed by atoms with Gasteiger partial charge in [0, 0.05) is 12.7 Å². The Balaban J connectivity index is 2.12. The van der Waals surface area contributed by atoms with Crippen LogP contribution in [0.1, 0.15) is 16.0 Å². The first-order valence-corrected chi connectivity index (χ1v) is 6.57. The highest BCUT2D eigenvalue weighted by Gasteiger charge is 2.14. The van der Waals surface area contributed by atoms with Crippen LogP contribution < -0.4 is 5.73 Å². The van der Waals surface area contributed by atoms with Crippen molar-refractivity contribution in [2.24, 2.45) is 5.73 Å². The molecule has 2 heterocycles. The summed E-state index contributed by atoms with van der Waals surface area (Å²) in [7, 11) is 0. The Morgan fingerprint density at radius 3 is 2.88 bits per heavy atom. The lowest BCUT2D eigenvalue weighted by atomic mass is 10.3. The molecule has 0 saturated carbocycles. The molecule has 0 radical (unpaired) electrons. The molecule has 6 heteroatoms. The first-order valence-electron chi connectivity index (χ1n) is 4.87. The Labute approximate surface area is 102 Å². The van der Waals surface area contributed by atoms with E-state index in [2.05, 4.69) is 15.2 Å². The molecule has 4 nitrogen and oxygen atoms in total. The Kier molecular flexibility index (Phi) is 3.87. The summed E-state index contributed by atoms with van der Waals surface area (Å²) in [6, 6.07) is 5.85. The minimum absolute atomic E-state index is 0.147. The molecule has 0 aromatic carbocycles. The van der Waals surface area contributed by atoms with Crippen LogP contribution in [0.3, 0.4) is 0 Å². The number of aryl methyl sites for hydroxylation is 1. The molecule has 0 spiro atoms. The second-order valence-corrected chi connectivity index (χ2v) is 5.82. The number of nitrogens with zero attached hydrogens (tertiary/aromatic N) is 3. The maximum absolute atomic E-state index is 5.76. The number of pyridine rings is 1. The van der Waals surface area contributed by atoms with E-state index >= 15 is 0 Å². The van der Waals surface area contributed by atoms with Crippen molar-refractivity contribution in [3.63, 3.8) is 0 Å². The molecule has 0 fully saturated rings. The monoisotopic (exact) mass is 252 g/mol. The SMILES string of the molecule is Cc1nnc(SC(CN)c2ccccn2)s1. The number of aromatic nitrogens is 3. The van der Waals surface area contributed by atoms with Gasteiger partial charge in [-0.1, -0.05) is 29.2 Å². The van der Waals surface area contributed by atoms with Crippen LogP contribution in [0.25, 0.3) is 0 Å². The van der Waals surface area contributed by atoms with Crippen molar-refractivity contribution < 1.29 is 0 Å². The summed E-state index contributed by atoms with van der Waals surface area (Å²) in [6.45, 7) is 2.49. The lowest BCUT2D eigenvalue weighted by Crippen LogP contribution is -2.10. The second-order valence-electron chi connectivity index (χ2n) is 3.18. The van der Waals surface area contributed by atoms with E-state index < -0.39 is 0 Å². The summed E-state index contributed by atoms with van der Waals surface area (Å²) in [4.78, 5) is 4.31. The van der Waals surface area contributed by atoms with Crippen LogP contribution in [-0.2, 0) is 0 Å². The van der Waals surface area contributed by atoms with E-state index in [9.17, 15) is 0 Å². The normalized spacial score (nSPS) is 12.6. The highest BCUT2D eigenvalue weighted by molar-refractivity contribution is 8.01. The molecule has 0 aliphatic carbocycles. The van der Waals surface area contributed by atoms with Crippen molar-refractivity contribution in [2.75, 3.05) is 6.54 Å². The smallest absolute Gasteiger partial charge is 0.174 e. The predicted molar refractivity (Wildman–Crippen MR) is 66.5 cm³/mol. The second kappa shape index (κ2) is 5.38. The van der Waals surface area contributed by atoms with E-state index in [4.69, 9.17) is 5.73 Å². The van der Waals surface area contributed by atoms with Crippen molar-refractivity contribution >= 4 is 23.1 Å². The van der Waals surface area contributed by atoms with Crippen LogP contribution in [-0.4, -0.2) is 21.7 Å². The zero-order valence-corrected chi connectivity index (χ0v) is 10.5. The zero-order valence-electron chi connectivity index (χ0n) is 8.83. The van der Waals surface area contributed by atoms with Gasteiger partial charge in [-0.05, 0) is 19.1 Å². The van der Waals surface area contributed by atoms with Crippen LogP contribution in [0, 0.1) is 6.92 Å². The van der Waals surface area contributed by atoms with E-state index in [0.717, 1.165) is 15.0 Å². The van der Waals surface area contributed by atoms with Crippen LogP contribution in [0.4, 0.5) is 0 Å². The molecule has 0 saturated heterocycles. The minimum Gasteiger partial charge on any atom is -0.329 e. The van der Waals surface area contributed by atoms with Crippen LogP contribution in [0.2, 0.25) is 0 Å². The van der Waals surface area contributed by atoms with E-state index in [1.54, 1.807) is 29.3 Å². The van der Waals surface area contributed by atoms with Gasteiger partial charge in [-0.3, -0.25) is 4.98 Å². The van der Waals surface area contributed by atoms with Gasteiger partial charge in [-0.25, -0.2) is 0 Å². The average Bonchev–Trinajstić information content (AvgIpc) is 2.73. The van der Waals surface area contributed by atoms with Crippen molar-refractivity contribution in [3.05, 3.63) is 35.1 Å². The zero-order chi connectivity index (χ0) is 11.4. The summed E-state index contributed by atoms with van der Waals surface area (Å²) in [5.41, 5.74) is 6.74. The fourth-order valence-corrected chi connectivity index (χ4v) is 3.25. The third-order valence-corrected chi connectivity index (χ3v) is 4.16. The van der Waals surface area contributed by atoms with E-state index in [1.807, 2.05) is 25.1 Å². The molecule has 0 aliphatic rings. The van der Waals surface area contributed by atoms with Gasteiger partial charge in [-0.15, -0.1) is 10.2 Å². The van der Waals surface area contributed by atoms with Crippen LogP contribution in [0.5, 0.6) is 0 Å². The van der Waals surface area contributed by atoms with Crippen molar-refractivity contribution in [1.82, 2.24) is 15.2 Å². The minimum atomic E-state index is 0.147. The van der Waals surface area contributed by atoms with Crippen molar-refractivity contribution in [3.8, 4) is 0 Å². The Hall–Kier alpha value is -0.980. The maximum Gasteiger partial charge on any atom is 0.174 e. The van der Waals surface area contributed by atoms with Gasteiger partial charge in [0.25, 0.3) is 0 Å². The lowest BCUT2D eigenvalue weighted by Gasteiger charge is -2.10. The number of thioether (sulfide) groups is 1. The average molecular weight is 252 g/mol. The first kappa shape index (κ1) is 11.5. The van der Waals surface area contributed by atoms with Crippen molar-refractivity contribution in [2.45, 2.75) is 16.5 Å². The standard InChI is InChI=1S/C10H12N4S2/c1-7-13-14-10(15-7)16-9(6-11)8-4-2-3-5-12-8/h2-5,9H,6,11H2,1H3. The lowest BCUT2D eigenvalue weighted by molar-refractivity contribution is 0.892. The summed E-state index contributed by atoms with van der Waals surface area (Å²) >= 11 is 3.20. The highest BCUT2D eigenvalue weighted by Crippen LogP contribution is 2.34. The van der Waals surface area contributed by atoms with Gasteiger partial charge in [0.2, 0.25) is 0 Å². The fraction of sp³-hybridized carbons (Fsp3) is 0.300. The molecule has 0 aliphatic heterocycles. The Morgan fingerprint density at radius 2 is 2.31 bits per heavy atom.